The Balaban J connectivity index is 2.25. The second-order valence-electron chi connectivity index (χ2n) is 9.35. The lowest BCUT2D eigenvalue weighted by molar-refractivity contribution is -0.110. The number of carbonyl (C=O) groups excluding carboxylic acids is 1. The summed E-state index contributed by atoms with van der Waals surface area (Å²) in [7, 11) is 1.74. The van der Waals surface area contributed by atoms with Crippen LogP contribution >= 0.6 is 22.6 Å². The van der Waals surface area contributed by atoms with E-state index in [0.29, 0.717) is 5.57 Å². The molecule has 1 aliphatic heterocycles. The Morgan fingerprint density at radius 2 is 1.54 bits per heavy atom. The molecule has 0 saturated heterocycles. The molecule has 2 aromatic carbocycles. The van der Waals surface area contributed by atoms with Crippen molar-refractivity contribution in [3.8, 4) is 5.75 Å². The van der Waals surface area contributed by atoms with Crippen molar-refractivity contribution in [2.75, 3.05) is 12.4 Å². The fraction of sp³-hybridized carbons (Fsp3) is 0.375. The minimum Gasteiger partial charge on any atom is -0.496 e. The molecule has 0 aliphatic carbocycles. The molecule has 1 heterocycles. The van der Waals surface area contributed by atoms with Crippen LogP contribution in [0.4, 0.5) is 5.69 Å². The lowest BCUT2D eigenvalue weighted by atomic mass is 9.78. The number of hydrogen-bond donors (Lipinski definition) is 1. The number of nitrogens with one attached hydrogen (secondary N) is 1. The van der Waals surface area contributed by atoms with Gasteiger partial charge in [0.25, 0.3) is 5.91 Å². The molecule has 0 saturated carbocycles. The summed E-state index contributed by atoms with van der Waals surface area (Å²) in [4.78, 5) is 12.6. The molecule has 0 unspecified atom stereocenters. The van der Waals surface area contributed by atoms with E-state index in [-0.39, 0.29) is 16.7 Å². The van der Waals surface area contributed by atoms with Gasteiger partial charge in [-0.15, -0.1) is 0 Å². The van der Waals surface area contributed by atoms with Crippen molar-refractivity contribution >= 4 is 45.8 Å². The quantitative estimate of drug-likeness (QED) is 0.392. The topological polar surface area (TPSA) is 38.3 Å². The number of methoxy groups -OCH3 is 1. The predicted octanol–water partition coefficient (Wildman–Crippen LogP) is 6.39. The first kappa shape index (κ1) is 20.9. The van der Waals surface area contributed by atoms with Crippen molar-refractivity contribution in [1.29, 1.82) is 0 Å². The van der Waals surface area contributed by atoms with Crippen LogP contribution in [-0.4, -0.2) is 13.0 Å². The van der Waals surface area contributed by atoms with E-state index in [4.69, 9.17) is 4.74 Å². The number of hydrogen-bond acceptors (Lipinski definition) is 2. The first-order valence-electron chi connectivity index (χ1n) is 9.48. The Hall–Kier alpha value is -1.82. The van der Waals surface area contributed by atoms with Gasteiger partial charge in [-0.05, 0) is 75.4 Å². The molecule has 0 bridgehead atoms. The highest BCUT2D eigenvalue weighted by molar-refractivity contribution is 14.1. The molecular formula is C24H28INO2. The van der Waals surface area contributed by atoms with Gasteiger partial charge in [-0.25, -0.2) is 0 Å². The van der Waals surface area contributed by atoms with Crippen molar-refractivity contribution in [3.63, 3.8) is 0 Å². The highest BCUT2D eigenvalue weighted by Crippen LogP contribution is 2.42. The smallest absolute Gasteiger partial charge is 0.256 e. The number of halogens is 1. The lowest BCUT2D eigenvalue weighted by Crippen LogP contribution is -2.19. The maximum absolute atomic E-state index is 12.6. The average molecular weight is 489 g/mol. The number of benzene rings is 2. The SMILES string of the molecule is COc1c(C(C)(C)C)cc(C=C2C(=O)Nc3ccc(I)cc32)cc1C(C)(C)C. The fourth-order valence-electron chi connectivity index (χ4n) is 3.54. The van der Waals surface area contributed by atoms with Crippen LogP contribution in [0.25, 0.3) is 11.6 Å². The third-order valence-electron chi connectivity index (χ3n) is 5.01. The molecule has 3 nitrogen and oxygen atoms in total. The number of ether oxygens (including phenoxy) is 1. The van der Waals surface area contributed by atoms with Gasteiger partial charge in [0.15, 0.2) is 0 Å². The zero-order chi connectivity index (χ0) is 20.9. The number of rotatable bonds is 2. The van der Waals surface area contributed by atoms with Gasteiger partial charge >= 0.3 is 0 Å². The Bertz CT molecular complexity index is 940. The monoisotopic (exact) mass is 489 g/mol. The first-order chi connectivity index (χ1) is 12.9. The van der Waals surface area contributed by atoms with E-state index < -0.39 is 0 Å². The van der Waals surface area contributed by atoms with Crippen molar-refractivity contribution < 1.29 is 9.53 Å². The van der Waals surface area contributed by atoms with Crippen LogP contribution in [-0.2, 0) is 15.6 Å². The van der Waals surface area contributed by atoms with Crippen molar-refractivity contribution in [2.24, 2.45) is 0 Å². The van der Waals surface area contributed by atoms with E-state index in [9.17, 15) is 4.79 Å². The summed E-state index contributed by atoms with van der Waals surface area (Å²) in [5.41, 5.74) is 5.70. The molecule has 1 N–H and O–H groups in total. The van der Waals surface area contributed by atoms with Crippen LogP contribution in [0.1, 0.15) is 63.8 Å². The molecule has 28 heavy (non-hydrogen) atoms. The van der Waals surface area contributed by atoms with E-state index in [2.05, 4.69) is 87.6 Å². The zero-order valence-corrected chi connectivity index (χ0v) is 19.8. The molecule has 1 amide bonds. The molecule has 1 aliphatic rings. The van der Waals surface area contributed by atoms with Gasteiger partial charge in [0, 0.05) is 31.5 Å². The van der Waals surface area contributed by atoms with E-state index in [1.165, 1.54) is 0 Å². The fourth-order valence-corrected chi connectivity index (χ4v) is 4.03. The third-order valence-corrected chi connectivity index (χ3v) is 5.68. The van der Waals surface area contributed by atoms with Crippen LogP contribution in [0.2, 0.25) is 0 Å². The molecule has 0 spiro atoms. The Kier molecular flexibility index (Phi) is 5.38. The van der Waals surface area contributed by atoms with Crippen molar-refractivity contribution in [2.45, 2.75) is 52.4 Å². The summed E-state index contributed by atoms with van der Waals surface area (Å²) in [6.07, 6.45) is 2.00. The summed E-state index contributed by atoms with van der Waals surface area (Å²) >= 11 is 2.28. The largest absolute Gasteiger partial charge is 0.496 e. The van der Waals surface area contributed by atoms with Gasteiger partial charge in [-0.1, -0.05) is 41.5 Å². The minimum absolute atomic E-state index is 0.0533. The highest BCUT2D eigenvalue weighted by atomic mass is 127. The second kappa shape index (κ2) is 7.21. The Morgan fingerprint density at radius 1 is 0.964 bits per heavy atom. The number of fused-ring (bicyclic) bond motifs is 1. The van der Waals surface area contributed by atoms with Crippen LogP contribution in [0.15, 0.2) is 30.3 Å². The van der Waals surface area contributed by atoms with E-state index in [0.717, 1.165) is 37.3 Å². The number of carbonyl (C=O) groups is 1. The van der Waals surface area contributed by atoms with Crippen molar-refractivity contribution in [1.82, 2.24) is 0 Å². The van der Waals surface area contributed by atoms with Crippen LogP contribution in [0, 0.1) is 3.57 Å². The average Bonchev–Trinajstić information content (AvgIpc) is 2.88. The van der Waals surface area contributed by atoms with Gasteiger partial charge < -0.3 is 10.1 Å². The van der Waals surface area contributed by atoms with Gasteiger partial charge in [0.05, 0.1) is 7.11 Å². The summed E-state index contributed by atoms with van der Waals surface area (Å²) in [5.74, 6) is 0.885. The Labute approximate surface area is 181 Å². The van der Waals surface area contributed by atoms with Crippen molar-refractivity contribution in [3.05, 3.63) is 56.2 Å². The van der Waals surface area contributed by atoms with Gasteiger partial charge in [0.2, 0.25) is 0 Å². The lowest BCUT2D eigenvalue weighted by Gasteiger charge is -2.29. The molecule has 0 aromatic heterocycles. The van der Waals surface area contributed by atoms with Gasteiger partial charge in [-0.3, -0.25) is 4.79 Å². The van der Waals surface area contributed by atoms with Crippen LogP contribution < -0.4 is 10.1 Å². The summed E-state index contributed by atoms with van der Waals surface area (Å²) in [6.45, 7) is 13.1. The van der Waals surface area contributed by atoms with Gasteiger partial charge in [-0.2, -0.15) is 0 Å². The van der Waals surface area contributed by atoms with Gasteiger partial charge in [0.1, 0.15) is 5.75 Å². The molecule has 2 aromatic rings. The molecular weight excluding hydrogens is 461 g/mol. The van der Waals surface area contributed by atoms with E-state index in [1.54, 1.807) is 7.11 Å². The van der Waals surface area contributed by atoms with E-state index in [1.807, 2.05) is 18.2 Å². The molecule has 3 rings (SSSR count). The minimum atomic E-state index is -0.0783. The molecule has 0 atom stereocenters. The summed E-state index contributed by atoms with van der Waals surface area (Å²) in [5, 5.41) is 2.97. The first-order valence-corrected chi connectivity index (χ1v) is 10.6. The predicted molar refractivity (Wildman–Crippen MR) is 126 cm³/mol. The van der Waals surface area contributed by atoms with Crippen LogP contribution in [0.5, 0.6) is 5.75 Å². The second-order valence-corrected chi connectivity index (χ2v) is 10.6. The normalized spacial score (nSPS) is 15.6. The molecule has 4 heteroatoms. The Morgan fingerprint density at radius 3 is 2.04 bits per heavy atom. The standard InChI is InChI=1S/C24H28INO2/c1-23(2,3)18-11-14(12-19(21(18)28-7)24(4,5)6)10-17-16-13-15(25)8-9-20(16)26-22(17)27/h8-13H,1-7H3,(H,26,27). The number of anilines is 1. The maximum Gasteiger partial charge on any atom is 0.256 e. The summed E-state index contributed by atoms with van der Waals surface area (Å²) < 4.78 is 6.96. The maximum atomic E-state index is 12.6. The molecule has 0 radical (unpaired) electrons. The number of amides is 1. The summed E-state index contributed by atoms with van der Waals surface area (Å²) in [6, 6.07) is 10.3. The molecule has 148 valence electrons. The van der Waals surface area contributed by atoms with E-state index >= 15 is 0 Å². The molecule has 0 fully saturated rings. The van der Waals surface area contributed by atoms with Crippen LogP contribution in [0.3, 0.4) is 0 Å². The zero-order valence-electron chi connectivity index (χ0n) is 17.7. The third kappa shape index (κ3) is 3.97. The highest BCUT2D eigenvalue weighted by Gasteiger charge is 2.29.